The number of hydrogen-bond donors (Lipinski definition) is 0. The second kappa shape index (κ2) is 8.41. The highest BCUT2D eigenvalue weighted by Crippen LogP contribution is 2.34. The van der Waals surface area contributed by atoms with Gasteiger partial charge in [-0.3, -0.25) is 0 Å². The van der Waals surface area contributed by atoms with Crippen LogP contribution >= 0.6 is 11.8 Å². The average Bonchev–Trinajstić information content (AvgIpc) is 2.84. The molecule has 2 aliphatic heterocycles. The zero-order chi connectivity index (χ0) is 17.0. The van der Waals surface area contributed by atoms with E-state index in [4.69, 9.17) is 22.1 Å². The Balaban J connectivity index is 0.000000220. The first-order valence-electron chi connectivity index (χ1n) is 8.24. The van der Waals surface area contributed by atoms with Gasteiger partial charge in [-0.25, -0.2) is 0 Å². The molecule has 0 aromatic carbocycles. The molecule has 3 nitrogen and oxygen atoms in total. The summed E-state index contributed by atoms with van der Waals surface area (Å²) < 4.78 is 16.3. The van der Waals surface area contributed by atoms with Crippen molar-refractivity contribution >= 4 is 19.6 Å². The monoisotopic (exact) mass is 328 g/mol. The van der Waals surface area contributed by atoms with Crippen LogP contribution in [0.15, 0.2) is 0 Å². The lowest BCUT2D eigenvalue weighted by molar-refractivity contribution is -0.0699. The first kappa shape index (κ1) is 20.3. The van der Waals surface area contributed by atoms with Crippen molar-refractivity contribution in [3.63, 3.8) is 0 Å². The van der Waals surface area contributed by atoms with Crippen molar-refractivity contribution in [1.29, 1.82) is 0 Å². The van der Waals surface area contributed by atoms with E-state index in [2.05, 4.69) is 48.5 Å². The number of thioether (sulfide) groups is 1. The van der Waals surface area contributed by atoms with E-state index in [1.807, 2.05) is 11.8 Å². The van der Waals surface area contributed by atoms with E-state index in [0.717, 1.165) is 6.42 Å². The zero-order valence-corrected chi connectivity index (χ0v) is 16.2. The topological polar surface area (TPSA) is 27.7 Å². The van der Waals surface area contributed by atoms with E-state index in [-0.39, 0.29) is 17.7 Å². The second-order valence-electron chi connectivity index (χ2n) is 8.68. The predicted octanol–water partition coefficient (Wildman–Crippen LogP) is 4.19. The summed E-state index contributed by atoms with van der Waals surface area (Å²) in [6.07, 6.45) is 2.44. The van der Waals surface area contributed by atoms with Crippen LogP contribution in [0, 0.1) is 10.8 Å². The summed E-state index contributed by atoms with van der Waals surface area (Å²) in [5.74, 6) is 1.17. The highest BCUT2D eigenvalue weighted by Gasteiger charge is 2.27. The molecule has 0 saturated carbocycles. The Morgan fingerprint density at radius 2 is 1.59 bits per heavy atom. The van der Waals surface area contributed by atoms with Crippen molar-refractivity contribution in [3.05, 3.63) is 0 Å². The van der Waals surface area contributed by atoms with Gasteiger partial charge in [0.1, 0.15) is 13.3 Å². The van der Waals surface area contributed by atoms with Gasteiger partial charge in [0.05, 0.1) is 12.7 Å². The molecule has 0 aromatic rings. The minimum absolute atomic E-state index is 0.0926. The van der Waals surface area contributed by atoms with Crippen LogP contribution in [0.2, 0.25) is 0 Å². The summed E-state index contributed by atoms with van der Waals surface area (Å²) in [5.41, 5.74) is 1.10. The van der Waals surface area contributed by atoms with Crippen molar-refractivity contribution < 1.29 is 14.2 Å². The van der Waals surface area contributed by atoms with Gasteiger partial charge in [0.15, 0.2) is 6.29 Å². The molecule has 0 aliphatic carbocycles. The molecule has 2 fully saturated rings. The summed E-state index contributed by atoms with van der Waals surface area (Å²) in [6.45, 7) is 15.9. The highest BCUT2D eigenvalue weighted by molar-refractivity contribution is 8.00. The standard InChI is InChI=1S/C9H18OS.C8H15BO2/c1-7-6-11-8(10-7)5-9(2,3)4;1-8(2,3)4-7-10-5-6(9)11-7/h7-8H,5-6H2,1-4H3;6-7H,4-5H2,1-3H3. The molecular weight excluding hydrogens is 295 g/mol. The molecule has 2 aliphatic rings. The SMILES string of the molecule is CC1CSC(CC(C)(C)C)O1.[B]C1COC(CC(C)(C)C)O1. The van der Waals surface area contributed by atoms with Crippen LogP contribution < -0.4 is 0 Å². The number of rotatable bonds is 2. The lowest BCUT2D eigenvalue weighted by Crippen LogP contribution is -2.19. The van der Waals surface area contributed by atoms with E-state index in [0.29, 0.717) is 23.6 Å². The summed E-state index contributed by atoms with van der Waals surface area (Å²) in [4.78, 5) is 0. The molecule has 0 N–H and O–H groups in total. The lowest BCUT2D eigenvalue weighted by atomic mass is 9.92. The zero-order valence-electron chi connectivity index (χ0n) is 15.3. The summed E-state index contributed by atoms with van der Waals surface area (Å²) in [5, 5.41) is 0. The van der Waals surface area contributed by atoms with E-state index in [9.17, 15) is 0 Å². The van der Waals surface area contributed by atoms with Crippen LogP contribution in [0.1, 0.15) is 61.3 Å². The summed E-state index contributed by atoms with van der Waals surface area (Å²) >= 11 is 1.96. The van der Waals surface area contributed by atoms with Crippen LogP contribution in [0.4, 0.5) is 0 Å². The maximum Gasteiger partial charge on any atom is 0.157 e. The first-order valence-corrected chi connectivity index (χ1v) is 9.29. The van der Waals surface area contributed by atoms with Gasteiger partial charge in [-0.15, -0.1) is 11.8 Å². The molecule has 5 heteroatoms. The van der Waals surface area contributed by atoms with Crippen molar-refractivity contribution in [3.8, 4) is 0 Å². The Morgan fingerprint density at radius 3 is 1.95 bits per heavy atom. The molecule has 2 saturated heterocycles. The largest absolute Gasteiger partial charge is 0.364 e. The van der Waals surface area contributed by atoms with E-state index < -0.39 is 0 Å². The third kappa shape index (κ3) is 9.44. The fraction of sp³-hybridized carbons (Fsp3) is 1.00. The Labute approximate surface area is 142 Å². The Kier molecular flexibility index (Phi) is 7.78. The van der Waals surface area contributed by atoms with Crippen molar-refractivity contribution in [2.75, 3.05) is 12.4 Å². The average molecular weight is 328 g/mol. The minimum Gasteiger partial charge on any atom is -0.364 e. The van der Waals surface area contributed by atoms with Gasteiger partial charge in [-0.2, -0.15) is 0 Å². The van der Waals surface area contributed by atoms with Crippen LogP contribution in [0.3, 0.4) is 0 Å². The molecule has 0 amide bonds. The van der Waals surface area contributed by atoms with Gasteiger partial charge in [0.25, 0.3) is 0 Å². The third-order valence-electron chi connectivity index (χ3n) is 3.23. The molecule has 22 heavy (non-hydrogen) atoms. The van der Waals surface area contributed by atoms with E-state index in [1.54, 1.807) is 0 Å². The van der Waals surface area contributed by atoms with E-state index >= 15 is 0 Å². The smallest absolute Gasteiger partial charge is 0.157 e. The van der Waals surface area contributed by atoms with Crippen molar-refractivity contribution in [2.24, 2.45) is 10.8 Å². The molecule has 2 heterocycles. The third-order valence-corrected chi connectivity index (χ3v) is 4.54. The van der Waals surface area contributed by atoms with Gasteiger partial charge < -0.3 is 14.2 Å². The summed E-state index contributed by atoms with van der Waals surface area (Å²) in [6, 6.07) is -0.220. The number of ether oxygens (including phenoxy) is 3. The second-order valence-corrected chi connectivity index (χ2v) is 9.87. The quantitative estimate of drug-likeness (QED) is 0.711. The molecule has 4 atom stereocenters. The maximum absolute atomic E-state index is 5.70. The maximum atomic E-state index is 5.70. The fourth-order valence-electron chi connectivity index (χ4n) is 2.27. The van der Waals surface area contributed by atoms with Gasteiger partial charge in [-0.05, 0) is 24.2 Å². The first-order chi connectivity index (χ1) is 9.94. The molecule has 2 radical (unpaired) electrons. The van der Waals surface area contributed by atoms with Crippen LogP contribution in [0.5, 0.6) is 0 Å². The van der Waals surface area contributed by atoms with Crippen molar-refractivity contribution in [1.82, 2.24) is 0 Å². The minimum atomic E-state index is -0.220. The van der Waals surface area contributed by atoms with Gasteiger partial charge in [0, 0.05) is 18.2 Å². The van der Waals surface area contributed by atoms with Crippen LogP contribution in [0.25, 0.3) is 0 Å². The molecule has 128 valence electrons. The molecule has 0 spiro atoms. The normalized spacial score (nSPS) is 32.7. The van der Waals surface area contributed by atoms with E-state index in [1.165, 1.54) is 12.2 Å². The van der Waals surface area contributed by atoms with Gasteiger partial charge in [0.2, 0.25) is 0 Å². The Hall–Kier alpha value is 0.295. The van der Waals surface area contributed by atoms with Gasteiger partial charge in [-0.1, -0.05) is 41.5 Å². The van der Waals surface area contributed by atoms with Gasteiger partial charge >= 0.3 is 0 Å². The highest BCUT2D eigenvalue weighted by atomic mass is 32.2. The predicted molar refractivity (Wildman–Crippen MR) is 95.3 cm³/mol. The molecule has 0 aromatic heterocycles. The Morgan fingerprint density at radius 1 is 1.00 bits per heavy atom. The fourth-order valence-corrected chi connectivity index (χ4v) is 3.72. The molecule has 2 rings (SSSR count). The molecular formula is C17H33BO3S. The lowest BCUT2D eigenvalue weighted by Gasteiger charge is -2.21. The molecule has 4 unspecified atom stereocenters. The number of hydrogen-bond acceptors (Lipinski definition) is 4. The summed E-state index contributed by atoms with van der Waals surface area (Å²) in [7, 11) is 5.50. The Bertz CT molecular complexity index is 293. The van der Waals surface area contributed by atoms with Crippen molar-refractivity contribution in [2.45, 2.75) is 85.1 Å². The van der Waals surface area contributed by atoms with Crippen LogP contribution in [-0.2, 0) is 14.2 Å². The molecule has 0 bridgehead atoms. The van der Waals surface area contributed by atoms with Crippen LogP contribution in [-0.4, -0.2) is 44.0 Å².